The molecule has 0 aliphatic carbocycles. The molecule has 108 valence electrons. The summed E-state index contributed by atoms with van der Waals surface area (Å²) in [4.78, 5) is 15.3. The Morgan fingerprint density at radius 2 is 2.10 bits per heavy atom. The third-order valence-electron chi connectivity index (χ3n) is 3.28. The molecule has 21 heavy (non-hydrogen) atoms. The summed E-state index contributed by atoms with van der Waals surface area (Å²) in [6.07, 6.45) is 0. The summed E-state index contributed by atoms with van der Waals surface area (Å²) in [6.45, 7) is 0.561. The van der Waals surface area contributed by atoms with Gasteiger partial charge in [0.1, 0.15) is 5.75 Å². The maximum Gasteiger partial charge on any atom is 0.262 e. The van der Waals surface area contributed by atoms with Crippen LogP contribution >= 0.6 is 23.4 Å². The van der Waals surface area contributed by atoms with Gasteiger partial charge in [-0.2, -0.15) is 0 Å². The first-order valence-electron chi connectivity index (χ1n) is 6.39. The van der Waals surface area contributed by atoms with Crippen molar-refractivity contribution in [3.05, 3.63) is 47.0 Å². The van der Waals surface area contributed by atoms with E-state index in [1.807, 2.05) is 12.1 Å². The standard InChI is InChI=1S/C15H13ClN2O2S/c16-9-1-3-13(19)11(7-9)15(20)18-5-6-21-14-4-2-10(17)8-12(14)18/h1-4,7-8,19H,5-6,17H2. The van der Waals surface area contributed by atoms with Gasteiger partial charge in [0.25, 0.3) is 5.91 Å². The molecule has 0 spiro atoms. The molecule has 2 aromatic carbocycles. The quantitative estimate of drug-likeness (QED) is 0.790. The monoisotopic (exact) mass is 320 g/mol. The number of hydrogen-bond acceptors (Lipinski definition) is 4. The van der Waals surface area contributed by atoms with E-state index >= 15 is 0 Å². The van der Waals surface area contributed by atoms with Gasteiger partial charge in [-0.05, 0) is 36.4 Å². The summed E-state index contributed by atoms with van der Waals surface area (Å²) in [5.41, 5.74) is 7.39. The van der Waals surface area contributed by atoms with Crippen LogP contribution in [0.15, 0.2) is 41.3 Å². The molecule has 1 aliphatic heterocycles. The first-order chi connectivity index (χ1) is 10.1. The predicted molar refractivity (Wildman–Crippen MR) is 86.4 cm³/mol. The Morgan fingerprint density at radius 3 is 2.90 bits per heavy atom. The molecule has 3 rings (SSSR count). The molecule has 0 aromatic heterocycles. The lowest BCUT2D eigenvalue weighted by Gasteiger charge is -2.29. The van der Waals surface area contributed by atoms with Crippen molar-refractivity contribution in [2.75, 3.05) is 22.9 Å². The van der Waals surface area contributed by atoms with Gasteiger partial charge in [0, 0.05) is 27.9 Å². The number of benzene rings is 2. The second-order valence-corrected chi connectivity index (χ2v) is 6.27. The van der Waals surface area contributed by atoms with Gasteiger partial charge in [-0.3, -0.25) is 4.79 Å². The van der Waals surface area contributed by atoms with Crippen molar-refractivity contribution in [1.82, 2.24) is 0 Å². The second kappa shape index (κ2) is 5.50. The van der Waals surface area contributed by atoms with Crippen LogP contribution in [-0.4, -0.2) is 23.3 Å². The zero-order valence-electron chi connectivity index (χ0n) is 11.0. The Kier molecular flexibility index (Phi) is 3.69. The molecule has 4 nitrogen and oxygen atoms in total. The van der Waals surface area contributed by atoms with E-state index in [0.717, 1.165) is 16.3 Å². The molecule has 1 aliphatic rings. The third kappa shape index (κ3) is 2.66. The zero-order chi connectivity index (χ0) is 15.0. The Morgan fingerprint density at radius 1 is 1.29 bits per heavy atom. The van der Waals surface area contributed by atoms with Crippen molar-refractivity contribution < 1.29 is 9.90 Å². The van der Waals surface area contributed by atoms with Crippen LogP contribution in [0.1, 0.15) is 10.4 Å². The van der Waals surface area contributed by atoms with E-state index in [2.05, 4.69) is 0 Å². The minimum atomic E-state index is -0.276. The van der Waals surface area contributed by atoms with Crippen molar-refractivity contribution >= 4 is 40.6 Å². The Labute approximate surface area is 131 Å². The molecule has 1 heterocycles. The first kappa shape index (κ1) is 14.1. The molecule has 0 radical (unpaired) electrons. The van der Waals surface area contributed by atoms with E-state index in [1.54, 1.807) is 28.8 Å². The summed E-state index contributed by atoms with van der Waals surface area (Å²) in [5, 5.41) is 10.3. The topological polar surface area (TPSA) is 66.6 Å². The van der Waals surface area contributed by atoms with E-state index < -0.39 is 0 Å². The summed E-state index contributed by atoms with van der Waals surface area (Å²) < 4.78 is 0. The summed E-state index contributed by atoms with van der Waals surface area (Å²) in [7, 11) is 0. The summed E-state index contributed by atoms with van der Waals surface area (Å²) in [6, 6.07) is 9.96. The molecule has 0 fully saturated rings. The Bertz CT molecular complexity index is 721. The lowest BCUT2D eigenvalue weighted by Crippen LogP contribution is -2.35. The molecular weight excluding hydrogens is 308 g/mol. The van der Waals surface area contributed by atoms with Gasteiger partial charge in [-0.25, -0.2) is 0 Å². The molecule has 0 unspecified atom stereocenters. The number of halogens is 1. The lowest BCUT2D eigenvalue weighted by molar-refractivity contribution is 0.0985. The number of phenols is 1. The minimum Gasteiger partial charge on any atom is -0.507 e. The fraction of sp³-hybridized carbons (Fsp3) is 0.133. The molecule has 0 atom stereocenters. The number of rotatable bonds is 1. The number of nitrogens with two attached hydrogens (primary N) is 1. The molecule has 0 saturated carbocycles. The molecule has 0 bridgehead atoms. The van der Waals surface area contributed by atoms with Crippen molar-refractivity contribution in [2.45, 2.75) is 4.90 Å². The van der Waals surface area contributed by atoms with Gasteiger partial charge in [0.2, 0.25) is 0 Å². The number of anilines is 2. The van der Waals surface area contributed by atoms with Crippen LogP contribution in [0, 0.1) is 0 Å². The molecule has 0 saturated heterocycles. The molecule has 6 heteroatoms. The van der Waals surface area contributed by atoms with Gasteiger partial charge >= 0.3 is 0 Å². The van der Waals surface area contributed by atoms with Crippen LogP contribution < -0.4 is 10.6 Å². The van der Waals surface area contributed by atoms with Crippen LogP contribution in [0.5, 0.6) is 5.75 Å². The fourth-order valence-electron chi connectivity index (χ4n) is 2.27. The van der Waals surface area contributed by atoms with E-state index in [4.69, 9.17) is 17.3 Å². The first-order valence-corrected chi connectivity index (χ1v) is 7.75. The van der Waals surface area contributed by atoms with E-state index in [9.17, 15) is 9.90 Å². The van der Waals surface area contributed by atoms with Crippen molar-refractivity contribution in [2.24, 2.45) is 0 Å². The van der Waals surface area contributed by atoms with Crippen LogP contribution in [0.25, 0.3) is 0 Å². The molecule has 1 amide bonds. The number of carbonyl (C=O) groups is 1. The van der Waals surface area contributed by atoms with Crippen molar-refractivity contribution in [3.8, 4) is 5.75 Å². The minimum absolute atomic E-state index is 0.0759. The van der Waals surface area contributed by atoms with Gasteiger partial charge in [-0.1, -0.05) is 11.6 Å². The van der Waals surface area contributed by atoms with Crippen LogP contribution in [-0.2, 0) is 0 Å². The SMILES string of the molecule is Nc1ccc2c(c1)N(C(=O)c1cc(Cl)ccc1O)CCS2. The Balaban J connectivity index is 2.04. The number of nitrogens with zero attached hydrogens (tertiary/aromatic N) is 1. The highest BCUT2D eigenvalue weighted by Crippen LogP contribution is 2.37. The highest BCUT2D eigenvalue weighted by Gasteiger charge is 2.26. The molecular formula is C15H13ClN2O2S. The Hall–Kier alpha value is -1.85. The number of nitrogen functional groups attached to an aromatic ring is 1. The van der Waals surface area contributed by atoms with E-state index in [0.29, 0.717) is 17.3 Å². The normalized spacial score (nSPS) is 13.9. The van der Waals surface area contributed by atoms with Gasteiger partial charge in [0.15, 0.2) is 0 Å². The largest absolute Gasteiger partial charge is 0.507 e. The third-order valence-corrected chi connectivity index (χ3v) is 4.56. The maximum absolute atomic E-state index is 12.7. The average Bonchev–Trinajstić information content (AvgIpc) is 2.48. The fourth-order valence-corrected chi connectivity index (χ4v) is 3.42. The van der Waals surface area contributed by atoms with Gasteiger partial charge in [-0.15, -0.1) is 11.8 Å². The summed E-state index contributed by atoms with van der Waals surface area (Å²) >= 11 is 7.60. The van der Waals surface area contributed by atoms with Gasteiger partial charge in [0.05, 0.1) is 11.3 Å². The van der Waals surface area contributed by atoms with Crippen molar-refractivity contribution in [1.29, 1.82) is 0 Å². The number of thioether (sulfide) groups is 1. The van der Waals surface area contributed by atoms with Gasteiger partial charge < -0.3 is 15.7 Å². The average molecular weight is 321 g/mol. The number of hydrogen-bond donors (Lipinski definition) is 2. The molecule has 2 aromatic rings. The smallest absolute Gasteiger partial charge is 0.262 e. The number of aromatic hydroxyl groups is 1. The van der Waals surface area contributed by atoms with Crippen molar-refractivity contribution in [3.63, 3.8) is 0 Å². The van der Waals surface area contributed by atoms with Crippen LogP contribution in [0.4, 0.5) is 11.4 Å². The van der Waals surface area contributed by atoms with Crippen LogP contribution in [0.3, 0.4) is 0 Å². The predicted octanol–water partition coefficient (Wildman–Crippen LogP) is 3.38. The maximum atomic E-state index is 12.7. The number of carbonyl (C=O) groups excluding carboxylic acids is 1. The highest BCUT2D eigenvalue weighted by molar-refractivity contribution is 7.99. The highest BCUT2D eigenvalue weighted by atomic mass is 35.5. The number of amides is 1. The number of fused-ring (bicyclic) bond motifs is 1. The lowest BCUT2D eigenvalue weighted by atomic mass is 10.1. The van der Waals surface area contributed by atoms with E-state index in [1.165, 1.54) is 12.1 Å². The number of phenolic OH excluding ortho intramolecular Hbond substituents is 1. The molecule has 3 N–H and O–H groups in total. The van der Waals surface area contributed by atoms with E-state index in [-0.39, 0.29) is 17.2 Å². The second-order valence-electron chi connectivity index (χ2n) is 4.69. The summed E-state index contributed by atoms with van der Waals surface area (Å²) in [5.74, 6) is 0.444. The zero-order valence-corrected chi connectivity index (χ0v) is 12.6. The van der Waals surface area contributed by atoms with Crippen LogP contribution in [0.2, 0.25) is 5.02 Å².